The van der Waals surface area contributed by atoms with E-state index in [4.69, 9.17) is 4.74 Å². The van der Waals surface area contributed by atoms with Crippen molar-refractivity contribution in [2.24, 2.45) is 11.8 Å². The van der Waals surface area contributed by atoms with E-state index in [1.165, 1.54) is 45.1 Å². The number of nitrogens with one attached hydrogen (secondary N) is 1. The Kier molecular flexibility index (Phi) is 4.26. The van der Waals surface area contributed by atoms with Gasteiger partial charge < -0.3 is 10.1 Å². The number of hydrogen-bond acceptors (Lipinski definition) is 2. The first-order valence-electron chi connectivity index (χ1n) is 7.05. The molecule has 1 saturated carbocycles. The van der Waals surface area contributed by atoms with Crippen LogP contribution in [0.25, 0.3) is 0 Å². The smallest absolute Gasteiger partial charge is 0.0685 e. The Bertz CT molecular complexity index is 209. The van der Waals surface area contributed by atoms with Gasteiger partial charge in [0.1, 0.15) is 0 Å². The summed E-state index contributed by atoms with van der Waals surface area (Å²) in [7, 11) is 0. The van der Waals surface area contributed by atoms with Crippen molar-refractivity contribution in [3.05, 3.63) is 0 Å². The lowest BCUT2D eigenvalue weighted by molar-refractivity contribution is -0.0920. The van der Waals surface area contributed by atoms with E-state index in [1.54, 1.807) is 0 Å². The minimum Gasteiger partial charge on any atom is -0.375 e. The zero-order valence-electron chi connectivity index (χ0n) is 10.9. The van der Waals surface area contributed by atoms with Gasteiger partial charge in [0, 0.05) is 6.61 Å². The number of ether oxygens (including phenoxy) is 1. The van der Waals surface area contributed by atoms with E-state index in [-0.39, 0.29) is 0 Å². The predicted molar refractivity (Wildman–Crippen MR) is 67.6 cm³/mol. The van der Waals surface area contributed by atoms with Crippen LogP contribution in [0.5, 0.6) is 0 Å². The van der Waals surface area contributed by atoms with Crippen molar-refractivity contribution < 1.29 is 4.74 Å². The van der Waals surface area contributed by atoms with Gasteiger partial charge in [0.2, 0.25) is 0 Å². The summed E-state index contributed by atoms with van der Waals surface area (Å²) in [6.45, 7) is 7.90. The monoisotopic (exact) mass is 225 g/mol. The van der Waals surface area contributed by atoms with Crippen LogP contribution in [0.4, 0.5) is 0 Å². The molecule has 1 aliphatic heterocycles. The fourth-order valence-corrected chi connectivity index (χ4v) is 3.25. The maximum absolute atomic E-state index is 6.06. The number of hydrogen-bond donors (Lipinski definition) is 1. The minimum atomic E-state index is 0.294. The molecule has 2 aliphatic rings. The molecule has 1 saturated heterocycles. The third kappa shape index (κ3) is 3.21. The molecule has 2 nitrogen and oxygen atoms in total. The lowest BCUT2D eigenvalue weighted by Crippen LogP contribution is -2.40. The first-order chi connectivity index (χ1) is 7.70. The van der Waals surface area contributed by atoms with Crippen LogP contribution in [0.1, 0.15) is 52.4 Å². The van der Waals surface area contributed by atoms with Crippen LogP contribution in [0, 0.1) is 11.8 Å². The highest BCUT2D eigenvalue weighted by Crippen LogP contribution is 2.41. The van der Waals surface area contributed by atoms with Crippen molar-refractivity contribution >= 4 is 0 Å². The summed E-state index contributed by atoms with van der Waals surface area (Å²) in [5.74, 6) is 1.62. The molecule has 1 atom stereocenters. The first-order valence-corrected chi connectivity index (χ1v) is 7.05. The Morgan fingerprint density at radius 3 is 2.75 bits per heavy atom. The van der Waals surface area contributed by atoms with Gasteiger partial charge in [-0.1, -0.05) is 26.7 Å². The first kappa shape index (κ1) is 12.4. The summed E-state index contributed by atoms with van der Waals surface area (Å²) in [5, 5.41) is 3.61. The highest BCUT2D eigenvalue weighted by atomic mass is 16.5. The van der Waals surface area contributed by atoms with Gasteiger partial charge in [-0.25, -0.2) is 0 Å². The average Bonchev–Trinajstić information content (AvgIpc) is 2.66. The van der Waals surface area contributed by atoms with Crippen LogP contribution in [-0.2, 0) is 4.74 Å². The van der Waals surface area contributed by atoms with Gasteiger partial charge in [-0.15, -0.1) is 0 Å². The molecule has 0 aromatic carbocycles. The zero-order valence-corrected chi connectivity index (χ0v) is 10.9. The van der Waals surface area contributed by atoms with Gasteiger partial charge in [0.05, 0.1) is 5.60 Å². The zero-order chi connectivity index (χ0) is 11.4. The quantitative estimate of drug-likeness (QED) is 0.794. The van der Waals surface area contributed by atoms with E-state index in [0.29, 0.717) is 5.60 Å². The van der Waals surface area contributed by atoms with E-state index in [2.05, 4.69) is 19.2 Å². The molecule has 2 rings (SSSR count). The summed E-state index contributed by atoms with van der Waals surface area (Å²) >= 11 is 0. The van der Waals surface area contributed by atoms with Gasteiger partial charge in [0.25, 0.3) is 0 Å². The molecule has 1 N–H and O–H groups in total. The Balaban J connectivity index is 1.74. The fraction of sp³-hybridized carbons (Fsp3) is 1.00. The summed E-state index contributed by atoms with van der Waals surface area (Å²) in [4.78, 5) is 0. The Hall–Kier alpha value is -0.0800. The Morgan fingerprint density at radius 1 is 1.31 bits per heavy atom. The van der Waals surface area contributed by atoms with E-state index in [9.17, 15) is 0 Å². The van der Waals surface area contributed by atoms with Crippen molar-refractivity contribution in [2.45, 2.75) is 58.0 Å². The molecule has 1 spiro atoms. The maximum Gasteiger partial charge on any atom is 0.0685 e. The molecule has 0 bridgehead atoms. The topological polar surface area (TPSA) is 21.3 Å². The molecule has 2 fully saturated rings. The lowest BCUT2D eigenvalue weighted by atomic mass is 9.84. The van der Waals surface area contributed by atoms with Gasteiger partial charge >= 0.3 is 0 Å². The van der Waals surface area contributed by atoms with Crippen molar-refractivity contribution in [1.29, 1.82) is 0 Å². The van der Waals surface area contributed by atoms with Crippen LogP contribution in [0.3, 0.4) is 0 Å². The van der Waals surface area contributed by atoms with Gasteiger partial charge in [0.15, 0.2) is 0 Å². The fourth-order valence-electron chi connectivity index (χ4n) is 3.25. The Labute approximate surface area is 100 Å². The van der Waals surface area contributed by atoms with Crippen molar-refractivity contribution in [3.63, 3.8) is 0 Å². The molecule has 2 heteroatoms. The second kappa shape index (κ2) is 5.50. The summed E-state index contributed by atoms with van der Waals surface area (Å²) < 4.78 is 6.06. The Morgan fingerprint density at radius 2 is 2.06 bits per heavy atom. The lowest BCUT2D eigenvalue weighted by Gasteiger charge is -2.38. The van der Waals surface area contributed by atoms with Gasteiger partial charge in [-0.05, 0) is 50.6 Å². The summed E-state index contributed by atoms with van der Waals surface area (Å²) in [6.07, 6.45) is 7.95. The minimum absolute atomic E-state index is 0.294. The number of rotatable bonds is 4. The van der Waals surface area contributed by atoms with Crippen molar-refractivity contribution in [1.82, 2.24) is 5.32 Å². The van der Waals surface area contributed by atoms with E-state index < -0.39 is 0 Å². The van der Waals surface area contributed by atoms with E-state index >= 15 is 0 Å². The third-order valence-corrected chi connectivity index (χ3v) is 4.10. The van der Waals surface area contributed by atoms with E-state index in [0.717, 1.165) is 25.0 Å². The highest BCUT2D eigenvalue weighted by Gasteiger charge is 2.39. The molecule has 0 radical (unpaired) electrons. The van der Waals surface area contributed by atoms with E-state index in [1.807, 2.05) is 0 Å². The summed E-state index contributed by atoms with van der Waals surface area (Å²) in [6, 6.07) is 0. The maximum atomic E-state index is 6.06. The summed E-state index contributed by atoms with van der Waals surface area (Å²) in [5.41, 5.74) is 0.294. The highest BCUT2D eigenvalue weighted by molar-refractivity contribution is 4.91. The standard InChI is InChI=1S/C14H27NO/c1-12(2)10-15-11-13-5-8-16-14(9-13)6-3-4-7-14/h12-13,15H,3-11H2,1-2H3. The molecule has 94 valence electrons. The second-order valence-corrected chi connectivity index (χ2v) is 6.15. The van der Waals surface area contributed by atoms with Crippen LogP contribution in [0.15, 0.2) is 0 Å². The average molecular weight is 225 g/mol. The van der Waals surface area contributed by atoms with Crippen LogP contribution in [-0.4, -0.2) is 25.3 Å². The van der Waals surface area contributed by atoms with Crippen LogP contribution in [0.2, 0.25) is 0 Å². The van der Waals surface area contributed by atoms with Gasteiger partial charge in [-0.2, -0.15) is 0 Å². The molecule has 16 heavy (non-hydrogen) atoms. The van der Waals surface area contributed by atoms with Gasteiger partial charge in [-0.3, -0.25) is 0 Å². The third-order valence-electron chi connectivity index (χ3n) is 4.10. The second-order valence-electron chi connectivity index (χ2n) is 6.15. The van der Waals surface area contributed by atoms with Crippen molar-refractivity contribution in [2.75, 3.05) is 19.7 Å². The molecule has 0 aromatic rings. The molecular formula is C14H27NO. The molecule has 1 aliphatic carbocycles. The predicted octanol–water partition coefficient (Wildman–Crippen LogP) is 2.97. The normalized spacial score (nSPS) is 29.1. The molecule has 0 aromatic heterocycles. The van der Waals surface area contributed by atoms with Crippen LogP contribution >= 0.6 is 0 Å². The van der Waals surface area contributed by atoms with Crippen molar-refractivity contribution in [3.8, 4) is 0 Å². The largest absolute Gasteiger partial charge is 0.375 e. The molecule has 0 amide bonds. The molecule has 1 unspecified atom stereocenters. The SMILES string of the molecule is CC(C)CNCC1CCOC2(CCCC2)C1. The van der Waals surface area contributed by atoms with Crippen LogP contribution < -0.4 is 5.32 Å². The molecule has 1 heterocycles. The molecular weight excluding hydrogens is 198 g/mol.